The minimum Gasteiger partial charge on any atom is -0.431 e. The molecule has 0 spiro atoms. The molecular weight excluding hydrogens is 717 g/mol. The fourth-order valence-corrected chi connectivity index (χ4v) is 8.03. The number of carbonyl (C=O) groups is 1. The van der Waals surface area contributed by atoms with Gasteiger partial charge in [0.25, 0.3) is 11.1 Å². The van der Waals surface area contributed by atoms with Gasteiger partial charge < -0.3 is 24.3 Å². The number of rotatable bonds is 12. The van der Waals surface area contributed by atoms with Gasteiger partial charge in [-0.1, -0.05) is 170 Å². The molecule has 4 unspecified atom stereocenters. The number of thioether (sulfide) groups is 1. The number of carbonyl (C=O) groups excluding carboxylic acids is 1. The van der Waals surface area contributed by atoms with Gasteiger partial charge in [0.15, 0.2) is 12.1 Å². The van der Waals surface area contributed by atoms with E-state index in [1.54, 1.807) is 11.8 Å². The Hall–Kier alpha value is -5.77. The van der Waals surface area contributed by atoms with Gasteiger partial charge in [-0.05, 0) is 39.9 Å². The number of hydrogen-bond donors (Lipinski definition) is 2. The Morgan fingerprint density at radius 2 is 1.32 bits per heavy atom. The summed E-state index contributed by atoms with van der Waals surface area (Å²) in [5, 5.41) is 13.3. The molecule has 1 aliphatic heterocycles. The van der Waals surface area contributed by atoms with E-state index >= 15 is 0 Å². The van der Waals surface area contributed by atoms with Gasteiger partial charge in [-0.15, -0.1) is 0 Å². The molecule has 1 aliphatic rings. The van der Waals surface area contributed by atoms with Crippen LogP contribution in [0, 0.1) is 5.92 Å². The highest BCUT2D eigenvalue weighted by Gasteiger charge is 2.38. The number of oxazole rings is 1. The average molecular weight is 759 g/mol. The van der Waals surface area contributed by atoms with Crippen LogP contribution in [0.5, 0.6) is 0 Å². The second-order valence-electron chi connectivity index (χ2n) is 13.9. The van der Waals surface area contributed by atoms with E-state index in [2.05, 4.69) is 42.6 Å². The van der Waals surface area contributed by atoms with Crippen LogP contribution in [0.3, 0.4) is 0 Å². The molecule has 1 amide bonds. The lowest BCUT2D eigenvalue weighted by atomic mass is 9.91. The van der Waals surface area contributed by atoms with E-state index in [1.807, 2.05) is 133 Å². The lowest BCUT2D eigenvalue weighted by Crippen LogP contribution is -2.38. The van der Waals surface area contributed by atoms with Crippen molar-refractivity contribution >= 4 is 17.7 Å². The minimum atomic E-state index is -0.627. The Bertz CT molecular complexity index is 2290. The Kier molecular flexibility index (Phi) is 11.5. The first-order valence-electron chi connectivity index (χ1n) is 18.8. The quantitative estimate of drug-likeness (QED) is 0.120. The molecule has 8 heteroatoms. The summed E-state index contributed by atoms with van der Waals surface area (Å²) in [5.74, 6) is 1.21. The predicted molar refractivity (Wildman–Crippen MR) is 221 cm³/mol. The first-order valence-corrected chi connectivity index (χ1v) is 19.8. The Balaban J connectivity index is 1.04. The number of aliphatic hydroxyl groups excluding tert-OH is 1. The molecule has 1 saturated heterocycles. The summed E-state index contributed by atoms with van der Waals surface area (Å²) in [4.78, 5) is 17.8. The van der Waals surface area contributed by atoms with Crippen molar-refractivity contribution in [2.45, 2.75) is 43.8 Å². The van der Waals surface area contributed by atoms with Gasteiger partial charge in [-0.25, -0.2) is 4.98 Å². The van der Waals surface area contributed by atoms with Crippen LogP contribution in [-0.4, -0.2) is 27.9 Å². The molecule has 0 aliphatic carbocycles. The molecule has 280 valence electrons. The van der Waals surface area contributed by atoms with Crippen molar-refractivity contribution in [3.05, 3.63) is 192 Å². The maximum atomic E-state index is 12.8. The van der Waals surface area contributed by atoms with Gasteiger partial charge in [0.2, 0.25) is 0 Å². The number of nitrogens with one attached hydrogen (secondary N) is 1. The molecule has 4 atom stereocenters. The van der Waals surface area contributed by atoms with Crippen LogP contribution in [0.4, 0.5) is 0 Å². The van der Waals surface area contributed by atoms with Gasteiger partial charge >= 0.3 is 0 Å². The van der Waals surface area contributed by atoms with Crippen LogP contribution in [0.1, 0.15) is 51.9 Å². The molecule has 2 heterocycles. The van der Waals surface area contributed by atoms with Crippen LogP contribution in [0.25, 0.3) is 33.7 Å². The Labute approximate surface area is 331 Å². The third-order valence-corrected chi connectivity index (χ3v) is 11.1. The highest BCUT2D eigenvalue weighted by atomic mass is 32.2. The van der Waals surface area contributed by atoms with Crippen LogP contribution in [0.2, 0.25) is 0 Å². The number of amides is 1. The normalized spacial score (nSPS) is 18.0. The highest BCUT2D eigenvalue weighted by molar-refractivity contribution is 7.99. The van der Waals surface area contributed by atoms with Crippen molar-refractivity contribution in [2.24, 2.45) is 5.92 Å². The third-order valence-electron chi connectivity index (χ3n) is 10.2. The van der Waals surface area contributed by atoms with E-state index in [0.29, 0.717) is 23.1 Å². The largest absolute Gasteiger partial charge is 0.431 e. The summed E-state index contributed by atoms with van der Waals surface area (Å²) in [6.45, 7) is 2.54. The fourth-order valence-electron chi connectivity index (χ4n) is 7.05. The molecular formula is C48H42N2O5S. The Morgan fingerprint density at radius 1 is 0.696 bits per heavy atom. The smallest absolute Gasteiger partial charge is 0.256 e. The number of hydrogen-bond acceptors (Lipinski definition) is 7. The van der Waals surface area contributed by atoms with Crippen molar-refractivity contribution in [1.82, 2.24) is 10.3 Å². The van der Waals surface area contributed by atoms with E-state index < -0.39 is 6.29 Å². The second-order valence-corrected chi connectivity index (χ2v) is 14.8. The predicted octanol–water partition coefficient (Wildman–Crippen LogP) is 10.7. The van der Waals surface area contributed by atoms with E-state index in [-0.39, 0.29) is 30.6 Å². The fraction of sp³-hybridized carbons (Fsp3) is 0.167. The number of benzene rings is 6. The summed E-state index contributed by atoms with van der Waals surface area (Å²) in [6.07, 6.45) is -1.09. The molecule has 56 heavy (non-hydrogen) atoms. The van der Waals surface area contributed by atoms with Gasteiger partial charge in [-0.2, -0.15) is 0 Å². The topological polar surface area (TPSA) is 93.8 Å². The monoisotopic (exact) mass is 758 g/mol. The molecule has 0 bridgehead atoms. The molecule has 2 N–H and O–H groups in total. The van der Waals surface area contributed by atoms with Crippen LogP contribution >= 0.6 is 11.8 Å². The van der Waals surface area contributed by atoms with E-state index in [4.69, 9.17) is 18.9 Å². The van der Waals surface area contributed by atoms with Crippen LogP contribution < -0.4 is 5.32 Å². The maximum absolute atomic E-state index is 12.8. The summed E-state index contributed by atoms with van der Waals surface area (Å²) >= 11 is 1.54. The lowest BCUT2D eigenvalue weighted by Gasteiger charge is -2.41. The van der Waals surface area contributed by atoms with Crippen molar-refractivity contribution < 1.29 is 23.8 Å². The van der Waals surface area contributed by atoms with Gasteiger partial charge in [0.1, 0.15) is 5.69 Å². The zero-order valence-electron chi connectivity index (χ0n) is 31.0. The second kappa shape index (κ2) is 17.4. The van der Waals surface area contributed by atoms with Gasteiger partial charge in [0.05, 0.1) is 18.8 Å². The molecule has 7 aromatic rings. The third kappa shape index (κ3) is 8.39. The number of aliphatic hydroxyl groups is 1. The lowest BCUT2D eigenvalue weighted by molar-refractivity contribution is -0.268. The maximum Gasteiger partial charge on any atom is 0.256 e. The SMILES string of the molecule is CC1C(CSc2nc(-c3ccccc3)c(-c3ccccc3)o2)OC(c2ccc(-c3ccccc3CNC(=O)c3ccccc3)cc2)OC1c1ccc(CO)cc1. The zero-order valence-corrected chi connectivity index (χ0v) is 31.8. The van der Waals surface area contributed by atoms with Gasteiger partial charge in [-0.3, -0.25) is 4.79 Å². The van der Waals surface area contributed by atoms with Crippen molar-refractivity contribution in [3.63, 3.8) is 0 Å². The molecule has 7 nitrogen and oxygen atoms in total. The van der Waals surface area contributed by atoms with E-state index in [1.165, 1.54) is 0 Å². The number of aromatic nitrogens is 1. The summed E-state index contributed by atoms with van der Waals surface area (Å²) in [7, 11) is 0. The minimum absolute atomic E-state index is 0.00637. The molecule has 1 aromatic heterocycles. The number of nitrogens with zero attached hydrogens (tertiary/aromatic N) is 1. The molecule has 0 saturated carbocycles. The van der Waals surface area contributed by atoms with E-state index in [9.17, 15) is 9.90 Å². The van der Waals surface area contributed by atoms with Crippen LogP contribution in [-0.2, 0) is 22.6 Å². The summed E-state index contributed by atoms with van der Waals surface area (Å²) in [5.41, 5.74) is 9.25. The zero-order chi connectivity index (χ0) is 38.3. The molecule has 0 radical (unpaired) electrons. The summed E-state index contributed by atoms with van der Waals surface area (Å²) < 4.78 is 20.0. The van der Waals surface area contributed by atoms with Crippen molar-refractivity contribution in [2.75, 3.05) is 5.75 Å². The first kappa shape index (κ1) is 37.2. The molecule has 8 rings (SSSR count). The molecule has 6 aromatic carbocycles. The van der Waals surface area contributed by atoms with Crippen molar-refractivity contribution in [3.8, 4) is 33.7 Å². The highest BCUT2D eigenvalue weighted by Crippen LogP contribution is 2.44. The van der Waals surface area contributed by atoms with Crippen LogP contribution in [0.15, 0.2) is 173 Å². The Morgan fingerprint density at radius 3 is 2.02 bits per heavy atom. The average Bonchev–Trinajstić information content (AvgIpc) is 3.71. The molecule has 1 fully saturated rings. The standard InChI is InChI=1S/C48H42N2O5S/c1-32-42(31-56-48-50-43(35-13-5-2-6-14-35)45(55-48)36-15-7-3-8-16-36)53-47(54-44(32)37-23-21-33(30-51)22-24-37)39-27-25-34(26-28-39)41-20-12-11-19-40(41)29-49-46(52)38-17-9-4-10-18-38/h2-28,32,42,44,47,51H,29-31H2,1H3,(H,49,52). The number of ether oxygens (including phenoxy) is 2. The van der Waals surface area contributed by atoms with E-state index in [0.717, 1.165) is 56.0 Å². The summed E-state index contributed by atoms with van der Waals surface area (Å²) in [6, 6.07) is 53.7. The first-order chi connectivity index (χ1) is 27.5. The van der Waals surface area contributed by atoms with Crippen molar-refractivity contribution in [1.29, 1.82) is 0 Å². The van der Waals surface area contributed by atoms with Gasteiger partial charge in [0, 0.05) is 40.5 Å².